The minimum atomic E-state index is -0.804. The van der Waals surface area contributed by atoms with Crippen molar-refractivity contribution in [1.29, 1.82) is 0 Å². The van der Waals surface area contributed by atoms with E-state index in [2.05, 4.69) is 0 Å². The summed E-state index contributed by atoms with van der Waals surface area (Å²) in [4.78, 5) is 20.8. The molecule has 0 fully saturated rings. The molecule has 0 aliphatic heterocycles. The summed E-state index contributed by atoms with van der Waals surface area (Å²) in [6, 6.07) is 0. The Kier molecular flexibility index (Phi) is 5.97. The lowest BCUT2D eigenvalue weighted by Gasteiger charge is -1.89. The summed E-state index contributed by atoms with van der Waals surface area (Å²) in [5.74, 6) is -0.622. The molecule has 0 aromatic heterocycles. The summed E-state index contributed by atoms with van der Waals surface area (Å²) in [5, 5.41) is 8.27. The molecule has 0 aliphatic rings. The van der Waals surface area contributed by atoms with Gasteiger partial charge in [-0.3, -0.25) is 9.59 Å². The highest BCUT2D eigenvalue weighted by molar-refractivity contribution is 5.79. The van der Waals surface area contributed by atoms with Crippen LogP contribution in [0.25, 0.3) is 0 Å². The number of carbonyl (C=O) groups excluding carboxylic acids is 1. The number of Topliss-reactive ketones (excluding diaryl/α,β-unsaturated/α-hetero) is 1. The van der Waals surface area contributed by atoms with Crippen LogP contribution in [0.15, 0.2) is 12.2 Å². The summed E-state index contributed by atoms with van der Waals surface area (Å²) >= 11 is 0. The molecule has 0 rings (SSSR count). The molecular weight excluding hydrogens is 156 g/mol. The number of carboxylic acids is 1. The molecule has 0 radical (unpaired) electrons. The highest BCUT2D eigenvalue weighted by atomic mass is 16.4. The Morgan fingerprint density at radius 3 is 2.50 bits per heavy atom. The first kappa shape index (κ1) is 10.9. The van der Waals surface area contributed by atoms with Gasteiger partial charge < -0.3 is 5.11 Å². The van der Waals surface area contributed by atoms with Gasteiger partial charge in [0.05, 0.1) is 0 Å². The first-order chi connectivity index (χ1) is 5.66. The largest absolute Gasteiger partial charge is 0.481 e. The van der Waals surface area contributed by atoms with Crippen molar-refractivity contribution in [2.45, 2.75) is 32.6 Å². The maximum atomic E-state index is 10.7. The number of hydrogen-bond acceptors (Lipinski definition) is 2. The van der Waals surface area contributed by atoms with Gasteiger partial charge in [0.1, 0.15) is 5.78 Å². The summed E-state index contributed by atoms with van der Waals surface area (Å²) < 4.78 is 0. The summed E-state index contributed by atoms with van der Waals surface area (Å²) in [6.07, 6.45) is 5.08. The number of rotatable bonds is 6. The average molecular weight is 170 g/mol. The van der Waals surface area contributed by atoms with Crippen LogP contribution < -0.4 is 0 Å². The van der Waals surface area contributed by atoms with E-state index in [9.17, 15) is 9.59 Å². The number of carbonyl (C=O) groups is 2. The standard InChI is InChI=1S/C9H14O3/c1-2-8(10)6-4-3-5-7-9(11)12/h3-4H,2,5-7H2,1H3,(H,11,12)/b4-3+. The fraction of sp³-hybridized carbons (Fsp3) is 0.556. The maximum Gasteiger partial charge on any atom is 0.303 e. The van der Waals surface area contributed by atoms with Crippen LogP contribution in [0.2, 0.25) is 0 Å². The zero-order valence-electron chi connectivity index (χ0n) is 7.25. The van der Waals surface area contributed by atoms with Gasteiger partial charge in [-0.15, -0.1) is 0 Å². The Balaban J connectivity index is 3.37. The van der Waals surface area contributed by atoms with Crippen LogP contribution in [0, 0.1) is 0 Å². The van der Waals surface area contributed by atoms with Gasteiger partial charge in [0.25, 0.3) is 0 Å². The molecule has 0 unspecified atom stereocenters. The predicted octanol–water partition coefficient (Wildman–Crippen LogP) is 1.78. The second-order valence-corrected chi connectivity index (χ2v) is 2.50. The van der Waals surface area contributed by atoms with Gasteiger partial charge in [-0.05, 0) is 6.42 Å². The van der Waals surface area contributed by atoms with Crippen LogP contribution in [0.5, 0.6) is 0 Å². The van der Waals surface area contributed by atoms with Crippen molar-refractivity contribution in [2.75, 3.05) is 0 Å². The van der Waals surface area contributed by atoms with E-state index in [0.717, 1.165) is 0 Å². The van der Waals surface area contributed by atoms with E-state index in [1.807, 2.05) is 6.92 Å². The normalized spacial score (nSPS) is 10.4. The average Bonchev–Trinajstić information content (AvgIpc) is 2.03. The second kappa shape index (κ2) is 6.58. The fourth-order valence-electron chi connectivity index (χ4n) is 0.684. The molecule has 0 bridgehead atoms. The lowest BCUT2D eigenvalue weighted by Crippen LogP contribution is -1.93. The Labute approximate surface area is 72.1 Å². The van der Waals surface area contributed by atoms with Gasteiger partial charge in [-0.1, -0.05) is 19.1 Å². The van der Waals surface area contributed by atoms with Gasteiger partial charge >= 0.3 is 5.97 Å². The van der Waals surface area contributed by atoms with E-state index >= 15 is 0 Å². The summed E-state index contributed by atoms with van der Waals surface area (Å²) in [7, 11) is 0. The van der Waals surface area contributed by atoms with Crippen molar-refractivity contribution >= 4 is 11.8 Å². The molecule has 3 heteroatoms. The zero-order chi connectivity index (χ0) is 9.40. The molecule has 0 amide bonds. The molecule has 3 nitrogen and oxygen atoms in total. The quantitative estimate of drug-likeness (QED) is 0.618. The van der Waals surface area contributed by atoms with Crippen molar-refractivity contribution in [1.82, 2.24) is 0 Å². The van der Waals surface area contributed by atoms with E-state index in [1.165, 1.54) is 0 Å². The molecule has 0 aromatic rings. The number of allylic oxidation sites excluding steroid dienone is 2. The minimum absolute atomic E-state index is 0.136. The van der Waals surface area contributed by atoms with Gasteiger partial charge in [-0.2, -0.15) is 0 Å². The zero-order valence-corrected chi connectivity index (χ0v) is 7.25. The minimum Gasteiger partial charge on any atom is -0.481 e. The fourth-order valence-corrected chi connectivity index (χ4v) is 0.684. The van der Waals surface area contributed by atoms with Crippen molar-refractivity contribution < 1.29 is 14.7 Å². The van der Waals surface area contributed by atoms with Gasteiger partial charge in [-0.25, -0.2) is 0 Å². The van der Waals surface area contributed by atoms with Gasteiger partial charge in [0.2, 0.25) is 0 Å². The third kappa shape index (κ3) is 6.99. The van der Waals surface area contributed by atoms with Crippen LogP contribution >= 0.6 is 0 Å². The number of hydrogen-bond donors (Lipinski definition) is 1. The second-order valence-electron chi connectivity index (χ2n) is 2.50. The molecule has 1 N–H and O–H groups in total. The monoisotopic (exact) mass is 170 g/mol. The Hall–Kier alpha value is -1.12. The number of carboxylic acid groups (broad SMARTS) is 1. The molecule has 0 saturated carbocycles. The maximum absolute atomic E-state index is 10.7. The van der Waals surface area contributed by atoms with Gasteiger partial charge in [0, 0.05) is 19.3 Å². The van der Waals surface area contributed by atoms with Crippen molar-refractivity contribution in [2.24, 2.45) is 0 Å². The first-order valence-electron chi connectivity index (χ1n) is 4.05. The van der Waals surface area contributed by atoms with E-state index in [4.69, 9.17) is 5.11 Å². The Bertz CT molecular complexity index is 182. The van der Waals surface area contributed by atoms with Crippen LogP contribution in [0.4, 0.5) is 0 Å². The highest BCUT2D eigenvalue weighted by Crippen LogP contribution is 1.95. The predicted molar refractivity (Wildman–Crippen MR) is 45.9 cm³/mol. The van der Waals surface area contributed by atoms with Crippen molar-refractivity contribution in [3.63, 3.8) is 0 Å². The summed E-state index contributed by atoms with van der Waals surface area (Å²) in [5.41, 5.74) is 0. The Morgan fingerprint density at radius 2 is 2.00 bits per heavy atom. The molecule has 68 valence electrons. The molecule has 0 spiro atoms. The van der Waals surface area contributed by atoms with Crippen molar-refractivity contribution in [3.8, 4) is 0 Å². The molecule has 12 heavy (non-hydrogen) atoms. The van der Waals surface area contributed by atoms with Crippen molar-refractivity contribution in [3.05, 3.63) is 12.2 Å². The Morgan fingerprint density at radius 1 is 1.33 bits per heavy atom. The number of ketones is 1. The van der Waals surface area contributed by atoms with Gasteiger partial charge in [0.15, 0.2) is 0 Å². The van der Waals surface area contributed by atoms with E-state index < -0.39 is 5.97 Å². The molecular formula is C9H14O3. The lowest BCUT2D eigenvalue weighted by atomic mass is 10.2. The number of aliphatic carboxylic acids is 1. The lowest BCUT2D eigenvalue weighted by molar-refractivity contribution is -0.136. The SMILES string of the molecule is CCC(=O)C/C=C/CCC(=O)O. The highest BCUT2D eigenvalue weighted by Gasteiger charge is 1.94. The topological polar surface area (TPSA) is 54.4 Å². The van der Waals surface area contributed by atoms with Crippen LogP contribution in [0.3, 0.4) is 0 Å². The molecule has 0 atom stereocenters. The summed E-state index contributed by atoms with van der Waals surface area (Å²) in [6.45, 7) is 1.81. The molecule has 0 aliphatic carbocycles. The van der Waals surface area contributed by atoms with E-state index in [1.54, 1.807) is 12.2 Å². The molecule has 0 heterocycles. The van der Waals surface area contributed by atoms with E-state index in [0.29, 0.717) is 19.3 Å². The first-order valence-corrected chi connectivity index (χ1v) is 4.05. The molecule has 0 aromatic carbocycles. The van der Waals surface area contributed by atoms with Crippen LogP contribution in [-0.2, 0) is 9.59 Å². The van der Waals surface area contributed by atoms with Crippen LogP contribution in [-0.4, -0.2) is 16.9 Å². The third-order valence-corrected chi connectivity index (χ3v) is 1.43. The third-order valence-electron chi connectivity index (χ3n) is 1.43. The van der Waals surface area contributed by atoms with Crippen LogP contribution in [0.1, 0.15) is 32.6 Å². The molecule has 0 saturated heterocycles. The smallest absolute Gasteiger partial charge is 0.303 e. The van der Waals surface area contributed by atoms with E-state index in [-0.39, 0.29) is 12.2 Å².